The molecule has 5 nitrogen and oxygen atoms in total. The summed E-state index contributed by atoms with van der Waals surface area (Å²) in [6.07, 6.45) is 2.82. The molecule has 1 aliphatic rings. The Kier molecular flexibility index (Phi) is 5.66. The van der Waals surface area contributed by atoms with Crippen LogP contribution in [0.3, 0.4) is 0 Å². The van der Waals surface area contributed by atoms with Crippen LogP contribution in [0.4, 0.5) is 0 Å². The van der Waals surface area contributed by atoms with Crippen molar-refractivity contribution < 1.29 is 9.59 Å². The lowest BCUT2D eigenvalue weighted by molar-refractivity contribution is -0.130. The highest BCUT2D eigenvalue weighted by Gasteiger charge is 2.36. The van der Waals surface area contributed by atoms with E-state index in [1.54, 1.807) is 6.20 Å². The summed E-state index contributed by atoms with van der Waals surface area (Å²) in [5.74, 6) is 0.175. The van der Waals surface area contributed by atoms with Crippen LogP contribution >= 0.6 is 0 Å². The van der Waals surface area contributed by atoms with Crippen molar-refractivity contribution in [2.24, 2.45) is 0 Å². The molecule has 136 valence electrons. The van der Waals surface area contributed by atoms with Gasteiger partial charge in [-0.1, -0.05) is 35.9 Å². The molecule has 2 atom stereocenters. The minimum Gasteiger partial charge on any atom is -0.351 e. The van der Waals surface area contributed by atoms with Crippen LogP contribution in [-0.2, 0) is 16.0 Å². The van der Waals surface area contributed by atoms with Crippen LogP contribution in [0.25, 0.3) is 0 Å². The summed E-state index contributed by atoms with van der Waals surface area (Å²) >= 11 is 0. The average molecular weight is 351 g/mol. The van der Waals surface area contributed by atoms with Crippen molar-refractivity contribution in [1.29, 1.82) is 0 Å². The number of nitrogens with one attached hydrogen (secondary N) is 1. The summed E-state index contributed by atoms with van der Waals surface area (Å²) < 4.78 is 0. The van der Waals surface area contributed by atoms with E-state index >= 15 is 0 Å². The van der Waals surface area contributed by atoms with E-state index in [2.05, 4.69) is 41.5 Å². The molecule has 2 aromatic rings. The molecule has 26 heavy (non-hydrogen) atoms. The first kappa shape index (κ1) is 18.1. The van der Waals surface area contributed by atoms with Gasteiger partial charge in [0.2, 0.25) is 11.8 Å². The number of benzene rings is 1. The fourth-order valence-corrected chi connectivity index (χ4v) is 3.51. The van der Waals surface area contributed by atoms with Gasteiger partial charge in [0.1, 0.15) is 0 Å². The topological polar surface area (TPSA) is 62.3 Å². The lowest BCUT2D eigenvalue weighted by Crippen LogP contribution is -2.39. The Morgan fingerprint density at radius 2 is 1.92 bits per heavy atom. The molecule has 3 rings (SSSR count). The maximum absolute atomic E-state index is 12.7. The monoisotopic (exact) mass is 351 g/mol. The van der Waals surface area contributed by atoms with Crippen LogP contribution in [0.5, 0.6) is 0 Å². The zero-order valence-electron chi connectivity index (χ0n) is 15.3. The molecule has 1 fully saturated rings. The molecule has 0 aliphatic carbocycles. The maximum atomic E-state index is 12.7. The molecule has 0 bridgehead atoms. The molecule has 1 saturated heterocycles. The molecule has 2 amide bonds. The Labute approximate surface area is 154 Å². The molecule has 0 spiro atoms. The summed E-state index contributed by atoms with van der Waals surface area (Å²) in [7, 11) is 0. The molecular weight excluding hydrogens is 326 g/mol. The van der Waals surface area contributed by atoms with Gasteiger partial charge in [-0.2, -0.15) is 0 Å². The highest BCUT2D eigenvalue weighted by Crippen LogP contribution is 2.28. The molecule has 0 radical (unpaired) electrons. The van der Waals surface area contributed by atoms with E-state index in [0.717, 1.165) is 11.3 Å². The van der Waals surface area contributed by atoms with Gasteiger partial charge in [0, 0.05) is 44.2 Å². The zero-order chi connectivity index (χ0) is 18.5. The highest BCUT2D eigenvalue weighted by molar-refractivity contribution is 5.78. The van der Waals surface area contributed by atoms with Gasteiger partial charge < -0.3 is 10.2 Å². The average Bonchev–Trinajstić information content (AvgIpc) is 3.04. The van der Waals surface area contributed by atoms with Gasteiger partial charge in [-0.05, 0) is 31.0 Å². The van der Waals surface area contributed by atoms with E-state index < -0.39 is 0 Å². The van der Waals surface area contributed by atoms with E-state index in [1.807, 2.05) is 23.1 Å². The fourth-order valence-electron chi connectivity index (χ4n) is 3.51. The first-order valence-electron chi connectivity index (χ1n) is 9.04. The summed E-state index contributed by atoms with van der Waals surface area (Å²) in [4.78, 5) is 30.4. The summed E-state index contributed by atoms with van der Waals surface area (Å²) in [6.45, 7) is 4.77. The standard InChI is InChI=1S/C21H25N3O2/c1-15-6-8-17(9-7-15)19-13-24(14-20(19)23-16(2)25)21(26)11-10-18-5-3-4-12-22-18/h3-9,12,19-20H,10-11,13-14H2,1-2H3,(H,23,25)/t19-,20+/m0/s1. The lowest BCUT2D eigenvalue weighted by atomic mass is 9.93. The normalized spacial score (nSPS) is 19.4. The van der Waals surface area contributed by atoms with Crippen molar-refractivity contribution in [3.63, 3.8) is 0 Å². The van der Waals surface area contributed by atoms with E-state index in [9.17, 15) is 9.59 Å². The molecular formula is C21H25N3O2. The van der Waals surface area contributed by atoms with Crippen LogP contribution in [0.1, 0.15) is 36.1 Å². The van der Waals surface area contributed by atoms with Crippen LogP contribution in [0, 0.1) is 6.92 Å². The maximum Gasteiger partial charge on any atom is 0.223 e. The number of aryl methyl sites for hydroxylation is 2. The van der Waals surface area contributed by atoms with Gasteiger partial charge in [0.25, 0.3) is 0 Å². The van der Waals surface area contributed by atoms with E-state index in [1.165, 1.54) is 12.5 Å². The number of aromatic nitrogens is 1. The predicted molar refractivity (Wildman–Crippen MR) is 101 cm³/mol. The third-order valence-electron chi connectivity index (χ3n) is 4.89. The van der Waals surface area contributed by atoms with Gasteiger partial charge in [-0.25, -0.2) is 0 Å². The van der Waals surface area contributed by atoms with Crippen molar-refractivity contribution >= 4 is 11.8 Å². The number of carbonyl (C=O) groups is 2. The Balaban J connectivity index is 1.67. The minimum absolute atomic E-state index is 0.0472. The molecule has 1 aliphatic heterocycles. The predicted octanol–water partition coefficient (Wildman–Crippen LogP) is 2.45. The Hall–Kier alpha value is -2.69. The van der Waals surface area contributed by atoms with E-state index in [4.69, 9.17) is 0 Å². The van der Waals surface area contributed by atoms with Crippen LogP contribution in [0.15, 0.2) is 48.7 Å². The van der Waals surface area contributed by atoms with Gasteiger partial charge >= 0.3 is 0 Å². The number of carbonyl (C=O) groups excluding carboxylic acids is 2. The minimum atomic E-state index is -0.0603. The molecule has 1 aromatic carbocycles. The summed E-state index contributed by atoms with van der Waals surface area (Å²) in [5, 5.41) is 3.02. The first-order valence-corrected chi connectivity index (χ1v) is 9.04. The van der Waals surface area contributed by atoms with Crippen molar-refractivity contribution in [3.8, 4) is 0 Å². The Morgan fingerprint density at radius 1 is 1.15 bits per heavy atom. The number of likely N-dealkylation sites (tertiary alicyclic amines) is 1. The number of nitrogens with zero attached hydrogens (tertiary/aromatic N) is 2. The number of rotatable bonds is 5. The van der Waals surface area contributed by atoms with Crippen LogP contribution in [0.2, 0.25) is 0 Å². The van der Waals surface area contributed by atoms with E-state index in [0.29, 0.717) is 25.9 Å². The van der Waals surface area contributed by atoms with Crippen LogP contribution in [-0.4, -0.2) is 40.8 Å². The third kappa shape index (κ3) is 4.48. The zero-order valence-corrected chi connectivity index (χ0v) is 15.3. The first-order chi connectivity index (χ1) is 12.5. The molecule has 1 aromatic heterocycles. The molecule has 1 N–H and O–H groups in total. The van der Waals surface area contributed by atoms with Gasteiger partial charge in [0.05, 0.1) is 6.04 Å². The largest absolute Gasteiger partial charge is 0.351 e. The lowest BCUT2D eigenvalue weighted by Gasteiger charge is -2.19. The van der Waals surface area contributed by atoms with Gasteiger partial charge in [0.15, 0.2) is 0 Å². The highest BCUT2D eigenvalue weighted by atomic mass is 16.2. The van der Waals surface area contributed by atoms with Gasteiger partial charge in [-0.3, -0.25) is 14.6 Å². The Bertz CT molecular complexity index is 759. The molecule has 5 heteroatoms. The van der Waals surface area contributed by atoms with Crippen molar-refractivity contribution in [2.75, 3.05) is 13.1 Å². The fraction of sp³-hybridized carbons (Fsp3) is 0.381. The number of hydrogen-bond acceptors (Lipinski definition) is 3. The second kappa shape index (κ2) is 8.13. The van der Waals surface area contributed by atoms with Crippen LogP contribution < -0.4 is 5.32 Å². The third-order valence-corrected chi connectivity index (χ3v) is 4.89. The van der Waals surface area contributed by atoms with Crippen molar-refractivity contribution in [1.82, 2.24) is 15.2 Å². The molecule has 0 saturated carbocycles. The van der Waals surface area contributed by atoms with Crippen molar-refractivity contribution in [2.45, 2.75) is 38.6 Å². The summed E-state index contributed by atoms with van der Waals surface area (Å²) in [5.41, 5.74) is 3.29. The van der Waals surface area contributed by atoms with Crippen molar-refractivity contribution in [3.05, 3.63) is 65.5 Å². The second-order valence-corrected chi connectivity index (χ2v) is 6.94. The second-order valence-electron chi connectivity index (χ2n) is 6.94. The quantitative estimate of drug-likeness (QED) is 0.900. The smallest absolute Gasteiger partial charge is 0.223 e. The van der Waals surface area contributed by atoms with Gasteiger partial charge in [-0.15, -0.1) is 0 Å². The number of amides is 2. The number of hydrogen-bond donors (Lipinski definition) is 1. The number of pyridine rings is 1. The summed E-state index contributed by atoms with van der Waals surface area (Å²) in [6, 6.07) is 14.0. The SMILES string of the molecule is CC(=O)N[C@@H]1CN(C(=O)CCc2ccccn2)C[C@H]1c1ccc(C)cc1. The Morgan fingerprint density at radius 3 is 2.58 bits per heavy atom. The molecule has 2 heterocycles. The molecule has 0 unspecified atom stereocenters. The van der Waals surface area contributed by atoms with E-state index in [-0.39, 0.29) is 23.8 Å².